The fourth-order valence-corrected chi connectivity index (χ4v) is 5.70. The molecule has 194 valence electrons. The van der Waals surface area contributed by atoms with Gasteiger partial charge in [0.15, 0.2) is 5.76 Å². The van der Waals surface area contributed by atoms with Crippen LogP contribution in [0.2, 0.25) is 0 Å². The second-order valence-corrected chi connectivity index (χ2v) is 10.3. The lowest BCUT2D eigenvalue weighted by Crippen LogP contribution is -2.54. The monoisotopic (exact) mass is 507 g/mol. The van der Waals surface area contributed by atoms with E-state index in [1.807, 2.05) is 37.3 Å². The summed E-state index contributed by atoms with van der Waals surface area (Å²) in [5, 5.41) is 13.3. The summed E-state index contributed by atoms with van der Waals surface area (Å²) in [5.74, 6) is -1.34. The molecule has 2 aliphatic heterocycles. The number of carboxylic acids is 1. The molecule has 7 nitrogen and oxygen atoms in total. The number of rotatable bonds is 8. The smallest absolute Gasteiger partial charge is 0.311 e. The number of benzene rings is 2. The van der Waals surface area contributed by atoms with E-state index in [4.69, 9.17) is 14.0 Å². The van der Waals surface area contributed by atoms with Crippen LogP contribution in [0.4, 0.5) is 4.39 Å². The maximum Gasteiger partial charge on any atom is 0.311 e. The molecule has 1 atom stereocenters. The van der Waals surface area contributed by atoms with Crippen molar-refractivity contribution >= 4 is 11.9 Å². The second-order valence-electron chi connectivity index (χ2n) is 10.3. The van der Waals surface area contributed by atoms with E-state index >= 15 is 4.39 Å². The van der Waals surface area contributed by atoms with Gasteiger partial charge in [-0.2, -0.15) is 0 Å². The predicted molar refractivity (Wildman–Crippen MR) is 132 cm³/mol. The Morgan fingerprint density at radius 2 is 1.86 bits per heavy atom. The molecule has 6 rings (SSSR count). The first kappa shape index (κ1) is 25.1. The molecule has 0 spiro atoms. The number of ether oxygens (including phenoxy) is 2. The van der Waals surface area contributed by atoms with Gasteiger partial charge < -0.3 is 19.1 Å². The van der Waals surface area contributed by atoms with Crippen molar-refractivity contribution in [1.82, 2.24) is 5.16 Å². The molecule has 3 heterocycles. The lowest BCUT2D eigenvalue weighted by Gasteiger charge is -2.53. The number of halogens is 1. The van der Waals surface area contributed by atoms with Crippen LogP contribution < -0.4 is 0 Å². The van der Waals surface area contributed by atoms with E-state index in [1.54, 1.807) is 19.1 Å². The van der Waals surface area contributed by atoms with E-state index < -0.39 is 29.1 Å². The first-order chi connectivity index (χ1) is 17.7. The molecule has 1 saturated carbocycles. The van der Waals surface area contributed by atoms with Crippen LogP contribution in [0.3, 0.4) is 0 Å². The molecule has 3 aromatic rings. The number of carbonyl (C=O) groups is 2. The summed E-state index contributed by atoms with van der Waals surface area (Å²) >= 11 is 0. The normalized spacial score (nSPS) is 23.5. The number of nitrogens with zero attached hydrogens (tertiary/aromatic N) is 1. The molecule has 1 N–H and O–H groups in total. The Morgan fingerprint density at radius 3 is 2.49 bits per heavy atom. The molecule has 8 heteroatoms. The van der Waals surface area contributed by atoms with Crippen molar-refractivity contribution in [2.24, 2.45) is 0 Å². The Hall–Kier alpha value is -3.52. The number of fused-ring (bicyclic) bond motifs is 3. The third kappa shape index (κ3) is 4.90. The topological polar surface area (TPSA) is 98.9 Å². The van der Waals surface area contributed by atoms with E-state index in [2.05, 4.69) is 5.16 Å². The number of esters is 1. The summed E-state index contributed by atoms with van der Waals surface area (Å²) in [6, 6.07) is 14.4. The molecule has 1 aliphatic carbocycles. The van der Waals surface area contributed by atoms with Crippen LogP contribution in [0.25, 0.3) is 11.3 Å². The quantitative estimate of drug-likeness (QED) is 0.391. The molecule has 2 saturated heterocycles. The van der Waals surface area contributed by atoms with Crippen molar-refractivity contribution < 1.29 is 33.1 Å². The number of hydrogen-bond donors (Lipinski definition) is 1. The second kappa shape index (κ2) is 9.74. The summed E-state index contributed by atoms with van der Waals surface area (Å²) in [6.45, 7) is 3.85. The molecular formula is C29H30FNO6. The maximum absolute atomic E-state index is 15.5. The van der Waals surface area contributed by atoms with Crippen LogP contribution in [-0.4, -0.2) is 34.4 Å². The molecule has 0 unspecified atom stereocenters. The molecule has 2 aromatic carbocycles. The molecule has 37 heavy (non-hydrogen) atoms. The van der Waals surface area contributed by atoms with E-state index in [9.17, 15) is 14.7 Å². The molecule has 0 radical (unpaired) electrons. The maximum atomic E-state index is 15.5. The number of aryl methyl sites for hydroxylation is 1. The molecule has 3 fully saturated rings. The van der Waals surface area contributed by atoms with E-state index in [0.29, 0.717) is 60.4 Å². The standard InChI is InChI=1S/C29H30FNO6/c1-18-22(15-26(34)36-19(2)20-6-4-3-5-7-20)27(37-31-18)21-8-9-23(24(30)14-21)28-10-12-29(13-11-28,35-17-28)16-25(32)33/h3-9,14,19H,10-13,15-17H2,1-2H3,(H,32,33)/t19-,28?,29?/m1/s1. The zero-order valence-electron chi connectivity index (χ0n) is 21.0. The fourth-order valence-electron chi connectivity index (χ4n) is 5.70. The summed E-state index contributed by atoms with van der Waals surface area (Å²) in [4.78, 5) is 24.0. The highest BCUT2D eigenvalue weighted by molar-refractivity contribution is 5.77. The third-order valence-corrected chi connectivity index (χ3v) is 7.93. The Labute approximate surface area is 214 Å². The predicted octanol–water partition coefficient (Wildman–Crippen LogP) is 5.69. The highest BCUT2D eigenvalue weighted by Gasteiger charge is 2.52. The first-order valence-electron chi connectivity index (χ1n) is 12.6. The summed E-state index contributed by atoms with van der Waals surface area (Å²) < 4.78 is 32.7. The zero-order valence-corrected chi connectivity index (χ0v) is 21.0. The van der Waals surface area contributed by atoms with Gasteiger partial charge in [0.2, 0.25) is 0 Å². The van der Waals surface area contributed by atoms with Crippen LogP contribution in [-0.2, 0) is 30.9 Å². The van der Waals surface area contributed by atoms with Crippen molar-refractivity contribution in [3.8, 4) is 11.3 Å². The molecule has 3 aliphatic rings. The van der Waals surface area contributed by atoms with Crippen molar-refractivity contribution in [2.45, 2.75) is 69.5 Å². The molecular weight excluding hydrogens is 477 g/mol. The summed E-state index contributed by atoms with van der Waals surface area (Å²) in [7, 11) is 0. The third-order valence-electron chi connectivity index (χ3n) is 7.93. The Kier molecular flexibility index (Phi) is 6.62. The van der Waals surface area contributed by atoms with E-state index in [0.717, 1.165) is 5.56 Å². The highest BCUT2D eigenvalue weighted by atomic mass is 19.1. The van der Waals surface area contributed by atoms with Crippen molar-refractivity contribution in [2.75, 3.05) is 6.61 Å². The van der Waals surface area contributed by atoms with Crippen LogP contribution in [0.5, 0.6) is 0 Å². The lowest BCUT2D eigenvalue weighted by molar-refractivity contribution is -0.175. The van der Waals surface area contributed by atoms with E-state index in [-0.39, 0.29) is 18.7 Å². The summed E-state index contributed by atoms with van der Waals surface area (Å²) in [6.07, 6.45) is 2.06. The Bertz CT molecular complexity index is 1290. The van der Waals surface area contributed by atoms with Gasteiger partial charge in [0, 0.05) is 16.5 Å². The van der Waals surface area contributed by atoms with Crippen molar-refractivity contribution in [1.29, 1.82) is 0 Å². The largest absolute Gasteiger partial charge is 0.481 e. The van der Waals surface area contributed by atoms with E-state index in [1.165, 1.54) is 6.07 Å². The average molecular weight is 508 g/mol. The SMILES string of the molecule is Cc1noc(-c2ccc(C34CCC(CC(=O)O)(CC3)OC4)c(F)c2)c1CC(=O)O[C@H](C)c1ccccc1. The summed E-state index contributed by atoms with van der Waals surface area (Å²) in [5.41, 5.74) is 1.95. The lowest BCUT2D eigenvalue weighted by atomic mass is 9.62. The van der Waals surface area contributed by atoms with Crippen LogP contribution in [0, 0.1) is 12.7 Å². The molecule has 2 bridgehead atoms. The minimum absolute atomic E-state index is 0.0231. The zero-order chi connectivity index (χ0) is 26.2. The van der Waals surface area contributed by atoms with Gasteiger partial charge >= 0.3 is 11.9 Å². The van der Waals surface area contributed by atoms with Gasteiger partial charge in [-0.25, -0.2) is 4.39 Å². The van der Waals surface area contributed by atoms with Crippen LogP contribution in [0.1, 0.15) is 67.5 Å². The molecule has 0 amide bonds. The number of carbonyl (C=O) groups excluding carboxylic acids is 1. The first-order valence-corrected chi connectivity index (χ1v) is 12.6. The Morgan fingerprint density at radius 1 is 1.14 bits per heavy atom. The number of aromatic nitrogens is 1. The molecule has 1 aromatic heterocycles. The van der Waals surface area contributed by atoms with Gasteiger partial charge in [0.05, 0.1) is 30.7 Å². The van der Waals surface area contributed by atoms with Crippen LogP contribution >= 0.6 is 0 Å². The van der Waals surface area contributed by atoms with Gasteiger partial charge in [-0.1, -0.05) is 47.6 Å². The van der Waals surface area contributed by atoms with Gasteiger partial charge in [-0.15, -0.1) is 0 Å². The van der Waals surface area contributed by atoms with Crippen molar-refractivity contribution in [3.63, 3.8) is 0 Å². The average Bonchev–Trinajstić information content (AvgIpc) is 3.24. The number of hydrogen-bond acceptors (Lipinski definition) is 6. The van der Waals surface area contributed by atoms with Crippen molar-refractivity contribution in [3.05, 3.63) is 76.7 Å². The minimum Gasteiger partial charge on any atom is -0.481 e. The highest BCUT2D eigenvalue weighted by Crippen LogP contribution is 2.52. The van der Waals surface area contributed by atoms with Gasteiger partial charge in [0.25, 0.3) is 0 Å². The number of carboxylic acid groups (broad SMARTS) is 1. The van der Waals surface area contributed by atoms with Crippen LogP contribution in [0.15, 0.2) is 53.1 Å². The van der Waals surface area contributed by atoms with Gasteiger partial charge in [-0.3, -0.25) is 9.59 Å². The van der Waals surface area contributed by atoms with Gasteiger partial charge in [-0.05, 0) is 56.7 Å². The fraction of sp³-hybridized carbons (Fsp3) is 0.414. The number of aliphatic carboxylic acids is 1. The van der Waals surface area contributed by atoms with Gasteiger partial charge in [0.1, 0.15) is 11.9 Å². The minimum atomic E-state index is -0.874. The Balaban J connectivity index is 1.33.